The predicted octanol–water partition coefficient (Wildman–Crippen LogP) is 5.66. The maximum absolute atomic E-state index is 13.0. The molecule has 1 N–H and O–H groups in total. The Hall–Kier alpha value is -3.77. The molecule has 154 valence electrons. The lowest BCUT2D eigenvalue weighted by Gasteiger charge is -2.09. The number of ether oxygens (including phenoxy) is 1. The zero-order valence-corrected chi connectivity index (χ0v) is 17.0. The van der Waals surface area contributed by atoms with Gasteiger partial charge in [-0.05, 0) is 53.6 Å². The van der Waals surface area contributed by atoms with E-state index in [4.69, 9.17) is 16.3 Å². The molecule has 0 atom stereocenters. The molecule has 7 heteroatoms. The summed E-state index contributed by atoms with van der Waals surface area (Å²) in [6.07, 6.45) is 3.21. The molecule has 0 radical (unpaired) electrons. The molecule has 0 fully saturated rings. The zero-order valence-electron chi connectivity index (χ0n) is 16.3. The molecule has 0 aliphatic rings. The molecule has 4 rings (SSSR count). The first-order valence-electron chi connectivity index (χ1n) is 9.46. The van der Waals surface area contributed by atoms with Gasteiger partial charge in [0.15, 0.2) is 0 Å². The summed E-state index contributed by atoms with van der Waals surface area (Å²) in [4.78, 5) is 20.9. The van der Waals surface area contributed by atoms with E-state index in [2.05, 4.69) is 15.3 Å². The van der Waals surface area contributed by atoms with Gasteiger partial charge in [-0.15, -0.1) is 0 Å². The molecule has 31 heavy (non-hydrogen) atoms. The van der Waals surface area contributed by atoms with Crippen LogP contribution in [-0.2, 0) is 6.54 Å². The van der Waals surface area contributed by atoms with Crippen LogP contribution >= 0.6 is 11.6 Å². The lowest BCUT2D eigenvalue weighted by Crippen LogP contribution is -2.22. The van der Waals surface area contributed by atoms with Crippen LogP contribution in [0.3, 0.4) is 0 Å². The minimum Gasteiger partial charge on any atom is -0.424 e. The molecule has 3 aromatic carbocycles. The molecule has 1 aromatic heterocycles. The summed E-state index contributed by atoms with van der Waals surface area (Å²) < 4.78 is 18.5. The van der Waals surface area contributed by atoms with Gasteiger partial charge >= 0.3 is 6.01 Å². The first kappa shape index (κ1) is 20.5. The molecule has 0 bridgehead atoms. The Morgan fingerprint density at radius 3 is 2.42 bits per heavy atom. The quantitative estimate of drug-likeness (QED) is 0.426. The molecule has 4 aromatic rings. The van der Waals surface area contributed by atoms with E-state index in [1.807, 2.05) is 24.3 Å². The van der Waals surface area contributed by atoms with Crippen LogP contribution in [-0.4, -0.2) is 15.9 Å². The number of hydrogen-bond acceptors (Lipinski definition) is 4. The van der Waals surface area contributed by atoms with Crippen LogP contribution in [0.5, 0.6) is 11.8 Å². The number of carbonyl (C=O) groups excluding carboxylic acids is 1. The van der Waals surface area contributed by atoms with Gasteiger partial charge in [0.05, 0.1) is 0 Å². The molecule has 0 aliphatic heterocycles. The summed E-state index contributed by atoms with van der Waals surface area (Å²) >= 11 is 6.14. The number of carbonyl (C=O) groups is 1. The molecule has 0 aliphatic carbocycles. The van der Waals surface area contributed by atoms with Crippen molar-refractivity contribution in [2.24, 2.45) is 0 Å². The fourth-order valence-electron chi connectivity index (χ4n) is 2.89. The Labute approximate surface area is 183 Å². The summed E-state index contributed by atoms with van der Waals surface area (Å²) in [6, 6.07) is 20.3. The molecule has 0 unspecified atom stereocenters. The summed E-state index contributed by atoms with van der Waals surface area (Å²) in [7, 11) is 0. The van der Waals surface area contributed by atoms with Crippen molar-refractivity contribution in [1.82, 2.24) is 15.3 Å². The first-order valence-corrected chi connectivity index (χ1v) is 9.84. The molecular formula is C24H17ClFN3O2. The topological polar surface area (TPSA) is 64.1 Å². The van der Waals surface area contributed by atoms with Gasteiger partial charge in [0.1, 0.15) is 11.6 Å². The van der Waals surface area contributed by atoms with Gasteiger partial charge in [0, 0.05) is 35.1 Å². The molecular weight excluding hydrogens is 417 g/mol. The second-order valence-corrected chi connectivity index (χ2v) is 7.07. The maximum Gasteiger partial charge on any atom is 0.321 e. The third-order valence-electron chi connectivity index (χ3n) is 4.51. The van der Waals surface area contributed by atoms with Crippen LogP contribution in [0.4, 0.5) is 4.39 Å². The fraction of sp³-hybridized carbons (Fsp3) is 0.0417. The van der Waals surface area contributed by atoms with Crippen LogP contribution < -0.4 is 10.1 Å². The fourth-order valence-corrected chi connectivity index (χ4v) is 3.09. The highest BCUT2D eigenvalue weighted by Gasteiger charge is 2.09. The van der Waals surface area contributed by atoms with E-state index in [1.54, 1.807) is 36.7 Å². The Morgan fingerprint density at radius 1 is 0.935 bits per heavy atom. The third kappa shape index (κ3) is 5.24. The average molecular weight is 434 g/mol. The zero-order chi connectivity index (χ0) is 21.6. The van der Waals surface area contributed by atoms with Gasteiger partial charge in [-0.3, -0.25) is 4.79 Å². The van der Waals surface area contributed by atoms with Gasteiger partial charge < -0.3 is 10.1 Å². The highest BCUT2D eigenvalue weighted by molar-refractivity contribution is 6.31. The summed E-state index contributed by atoms with van der Waals surface area (Å²) in [5, 5.41) is 3.48. The predicted molar refractivity (Wildman–Crippen MR) is 117 cm³/mol. The second kappa shape index (κ2) is 9.36. The van der Waals surface area contributed by atoms with Crippen LogP contribution in [0, 0.1) is 5.82 Å². The SMILES string of the molecule is O=C(NCc1ccccc1Cl)c1cccc(-c2cnc(Oc3ccc(F)cc3)nc2)c1. The number of nitrogens with one attached hydrogen (secondary N) is 1. The Kier molecular flexibility index (Phi) is 6.19. The van der Waals surface area contributed by atoms with Crippen molar-refractivity contribution in [1.29, 1.82) is 0 Å². The maximum atomic E-state index is 13.0. The van der Waals surface area contributed by atoms with Crippen molar-refractivity contribution in [2.75, 3.05) is 0 Å². The summed E-state index contributed by atoms with van der Waals surface area (Å²) in [5.74, 6) is -0.121. The van der Waals surface area contributed by atoms with Crippen molar-refractivity contribution in [2.45, 2.75) is 6.54 Å². The Morgan fingerprint density at radius 2 is 1.68 bits per heavy atom. The van der Waals surface area contributed by atoms with Crippen molar-refractivity contribution in [3.05, 3.63) is 107 Å². The van der Waals surface area contributed by atoms with Crippen molar-refractivity contribution in [3.8, 4) is 22.9 Å². The van der Waals surface area contributed by atoms with E-state index in [9.17, 15) is 9.18 Å². The number of benzene rings is 3. The van der Waals surface area contributed by atoms with Crippen LogP contribution in [0.1, 0.15) is 15.9 Å². The number of nitrogens with zero attached hydrogens (tertiary/aromatic N) is 2. The number of rotatable bonds is 6. The average Bonchev–Trinajstić information content (AvgIpc) is 2.80. The van der Waals surface area contributed by atoms with Gasteiger partial charge in [-0.2, -0.15) is 0 Å². The Balaban J connectivity index is 1.44. The third-order valence-corrected chi connectivity index (χ3v) is 4.87. The molecule has 0 spiro atoms. The van der Waals surface area contributed by atoms with E-state index < -0.39 is 0 Å². The molecule has 1 amide bonds. The van der Waals surface area contributed by atoms with Gasteiger partial charge in [0.25, 0.3) is 5.91 Å². The highest BCUT2D eigenvalue weighted by Crippen LogP contribution is 2.22. The minimum absolute atomic E-state index is 0.143. The van der Waals surface area contributed by atoms with E-state index in [0.29, 0.717) is 22.9 Å². The van der Waals surface area contributed by atoms with E-state index in [1.165, 1.54) is 24.3 Å². The van der Waals surface area contributed by atoms with E-state index in [0.717, 1.165) is 16.7 Å². The first-order chi connectivity index (χ1) is 15.1. The van der Waals surface area contributed by atoms with Crippen molar-refractivity contribution < 1.29 is 13.9 Å². The smallest absolute Gasteiger partial charge is 0.321 e. The normalized spacial score (nSPS) is 10.5. The lowest BCUT2D eigenvalue weighted by atomic mass is 10.1. The molecule has 1 heterocycles. The molecule has 0 saturated heterocycles. The number of halogens is 2. The van der Waals surface area contributed by atoms with Crippen LogP contribution in [0.2, 0.25) is 5.02 Å². The number of aromatic nitrogens is 2. The largest absolute Gasteiger partial charge is 0.424 e. The van der Waals surface area contributed by atoms with Crippen molar-refractivity contribution >= 4 is 17.5 Å². The number of amides is 1. The van der Waals surface area contributed by atoms with Crippen LogP contribution in [0.15, 0.2) is 85.2 Å². The minimum atomic E-state index is -0.348. The highest BCUT2D eigenvalue weighted by atomic mass is 35.5. The summed E-state index contributed by atoms with van der Waals surface area (Å²) in [5.41, 5.74) is 2.88. The van der Waals surface area contributed by atoms with Crippen LogP contribution in [0.25, 0.3) is 11.1 Å². The second-order valence-electron chi connectivity index (χ2n) is 6.67. The van der Waals surface area contributed by atoms with Crippen molar-refractivity contribution in [3.63, 3.8) is 0 Å². The standard InChI is InChI=1S/C24H17ClFN3O2/c25-22-7-2-1-4-18(22)13-27-23(30)17-6-3-5-16(12-17)19-14-28-24(29-15-19)31-21-10-8-20(26)9-11-21/h1-12,14-15H,13H2,(H,27,30). The Bertz CT molecular complexity index is 1200. The molecule has 0 saturated carbocycles. The van der Waals surface area contributed by atoms with Gasteiger partial charge in [-0.1, -0.05) is 41.9 Å². The molecule has 5 nitrogen and oxygen atoms in total. The van der Waals surface area contributed by atoms with Gasteiger partial charge in [0.2, 0.25) is 0 Å². The van der Waals surface area contributed by atoms with Gasteiger partial charge in [-0.25, -0.2) is 14.4 Å². The van der Waals surface area contributed by atoms with E-state index in [-0.39, 0.29) is 17.7 Å². The monoisotopic (exact) mass is 433 g/mol. The lowest BCUT2D eigenvalue weighted by molar-refractivity contribution is 0.0951. The summed E-state index contributed by atoms with van der Waals surface area (Å²) in [6.45, 7) is 0.335. The van der Waals surface area contributed by atoms with E-state index >= 15 is 0 Å². The number of hydrogen-bond donors (Lipinski definition) is 1.